The zero-order chi connectivity index (χ0) is 14.5. The number of rotatable bonds is 2. The molecule has 0 heterocycles. The van der Waals surface area contributed by atoms with Gasteiger partial charge in [0.1, 0.15) is 0 Å². The standard InChI is InChI=1S/C14H18N4O2/c1-9-3-5-11(7-9)15-17-13(19)14(20)18-16-12-6-4-10(2)8-12/h7-8H,3-6H2,1-2H3,(H,17,19)(H,18,20)/b15-11+,16-12+. The highest BCUT2D eigenvalue weighted by atomic mass is 16.2. The normalized spacial score (nSPS) is 21.9. The van der Waals surface area contributed by atoms with Crippen molar-refractivity contribution >= 4 is 23.2 Å². The Kier molecular flexibility index (Phi) is 4.45. The van der Waals surface area contributed by atoms with E-state index in [1.54, 1.807) is 0 Å². The Hall–Kier alpha value is -2.24. The van der Waals surface area contributed by atoms with Crippen molar-refractivity contribution in [2.45, 2.75) is 39.5 Å². The molecule has 0 aliphatic heterocycles. The molecule has 106 valence electrons. The van der Waals surface area contributed by atoms with E-state index in [4.69, 9.17) is 0 Å². The maximum absolute atomic E-state index is 11.5. The van der Waals surface area contributed by atoms with Crippen molar-refractivity contribution in [1.29, 1.82) is 0 Å². The van der Waals surface area contributed by atoms with Gasteiger partial charge in [-0.25, -0.2) is 10.9 Å². The summed E-state index contributed by atoms with van der Waals surface area (Å²) in [7, 11) is 0. The van der Waals surface area contributed by atoms with Crippen LogP contribution in [0.5, 0.6) is 0 Å². The number of carbonyl (C=O) groups excluding carboxylic acids is 2. The molecule has 0 aromatic carbocycles. The highest BCUT2D eigenvalue weighted by Crippen LogP contribution is 2.14. The summed E-state index contributed by atoms with van der Waals surface area (Å²) in [6, 6.07) is 0. The van der Waals surface area contributed by atoms with Gasteiger partial charge in [-0.1, -0.05) is 11.1 Å². The van der Waals surface area contributed by atoms with E-state index in [1.807, 2.05) is 26.0 Å². The molecule has 0 unspecified atom stereocenters. The largest absolute Gasteiger partial charge is 0.331 e. The van der Waals surface area contributed by atoms with Crippen LogP contribution >= 0.6 is 0 Å². The third-order valence-electron chi connectivity index (χ3n) is 3.19. The summed E-state index contributed by atoms with van der Waals surface area (Å²) in [6.45, 7) is 4.01. The maximum atomic E-state index is 11.5. The molecule has 0 spiro atoms. The van der Waals surface area contributed by atoms with Gasteiger partial charge in [0, 0.05) is 0 Å². The number of hydrazone groups is 2. The fraction of sp³-hybridized carbons (Fsp3) is 0.429. The number of amides is 2. The van der Waals surface area contributed by atoms with Crippen LogP contribution in [0.1, 0.15) is 39.5 Å². The first-order valence-corrected chi connectivity index (χ1v) is 6.62. The van der Waals surface area contributed by atoms with Gasteiger partial charge < -0.3 is 0 Å². The molecule has 2 rings (SSSR count). The third-order valence-corrected chi connectivity index (χ3v) is 3.19. The first-order valence-electron chi connectivity index (χ1n) is 6.62. The van der Waals surface area contributed by atoms with Crippen molar-refractivity contribution in [2.24, 2.45) is 10.2 Å². The van der Waals surface area contributed by atoms with Gasteiger partial charge in [-0.3, -0.25) is 9.59 Å². The molecule has 0 aromatic rings. The summed E-state index contributed by atoms with van der Waals surface area (Å²) in [5, 5.41) is 7.81. The number of nitrogens with zero attached hydrogens (tertiary/aromatic N) is 2. The number of nitrogens with one attached hydrogen (secondary N) is 2. The average Bonchev–Trinajstić information content (AvgIpc) is 3.02. The van der Waals surface area contributed by atoms with E-state index in [0.717, 1.165) is 37.1 Å². The van der Waals surface area contributed by atoms with Crippen LogP contribution in [0, 0.1) is 0 Å². The third kappa shape index (κ3) is 3.88. The second-order valence-corrected chi connectivity index (χ2v) is 5.07. The fourth-order valence-corrected chi connectivity index (χ4v) is 2.03. The van der Waals surface area contributed by atoms with Crippen LogP contribution < -0.4 is 10.9 Å². The quantitative estimate of drug-likeness (QED) is 0.589. The van der Waals surface area contributed by atoms with E-state index in [-0.39, 0.29) is 0 Å². The van der Waals surface area contributed by atoms with E-state index < -0.39 is 11.8 Å². The Morgan fingerprint density at radius 2 is 1.25 bits per heavy atom. The molecule has 0 aromatic heterocycles. The Bertz CT molecular complexity index is 506. The molecule has 2 aliphatic rings. The summed E-state index contributed by atoms with van der Waals surface area (Å²) in [4.78, 5) is 23.0. The monoisotopic (exact) mass is 274 g/mol. The molecule has 2 amide bonds. The number of hydrogen-bond donors (Lipinski definition) is 2. The lowest BCUT2D eigenvalue weighted by Gasteiger charge is -2.00. The average molecular weight is 274 g/mol. The maximum Gasteiger partial charge on any atom is 0.331 e. The van der Waals surface area contributed by atoms with Crippen molar-refractivity contribution in [1.82, 2.24) is 10.9 Å². The Morgan fingerprint density at radius 1 is 0.850 bits per heavy atom. The minimum absolute atomic E-state index is 0.782. The minimum atomic E-state index is -0.807. The van der Waals surface area contributed by atoms with E-state index in [0.29, 0.717) is 0 Å². The summed E-state index contributed by atoms with van der Waals surface area (Å²) in [6.07, 6.45) is 7.29. The van der Waals surface area contributed by atoms with Gasteiger partial charge >= 0.3 is 11.8 Å². The summed E-state index contributed by atoms with van der Waals surface area (Å²) in [5.74, 6) is -1.61. The first kappa shape index (κ1) is 14.2. The van der Waals surface area contributed by atoms with Crippen molar-refractivity contribution < 1.29 is 9.59 Å². The second kappa shape index (κ2) is 6.27. The van der Waals surface area contributed by atoms with Crippen LogP contribution in [0.15, 0.2) is 33.5 Å². The minimum Gasteiger partial charge on any atom is -0.262 e. The second-order valence-electron chi connectivity index (χ2n) is 5.07. The number of hydrogen-bond acceptors (Lipinski definition) is 4. The molecule has 0 saturated carbocycles. The van der Waals surface area contributed by atoms with Gasteiger partial charge in [-0.15, -0.1) is 0 Å². The number of carbonyl (C=O) groups is 2. The molecule has 2 aliphatic carbocycles. The molecule has 0 radical (unpaired) electrons. The smallest absolute Gasteiger partial charge is 0.262 e. The van der Waals surface area contributed by atoms with E-state index in [2.05, 4.69) is 21.1 Å². The van der Waals surface area contributed by atoms with Crippen LogP contribution in [-0.2, 0) is 9.59 Å². The molecule has 0 fully saturated rings. The zero-order valence-electron chi connectivity index (χ0n) is 11.7. The highest BCUT2D eigenvalue weighted by molar-refractivity contribution is 6.35. The summed E-state index contributed by atoms with van der Waals surface area (Å²) < 4.78 is 0. The molecular weight excluding hydrogens is 256 g/mol. The van der Waals surface area contributed by atoms with E-state index in [1.165, 1.54) is 11.1 Å². The molecule has 20 heavy (non-hydrogen) atoms. The molecule has 6 heteroatoms. The SMILES string of the molecule is CC1=C/C(=N/NC(=O)C(=O)N/N=C2/C=C(C)CC2)CC1. The Labute approximate surface area is 117 Å². The Morgan fingerprint density at radius 3 is 1.55 bits per heavy atom. The molecule has 0 saturated heterocycles. The Balaban J connectivity index is 1.82. The van der Waals surface area contributed by atoms with Crippen LogP contribution in [0.2, 0.25) is 0 Å². The van der Waals surface area contributed by atoms with E-state index in [9.17, 15) is 9.59 Å². The van der Waals surface area contributed by atoms with Gasteiger partial charge in [0.25, 0.3) is 0 Å². The van der Waals surface area contributed by atoms with Gasteiger partial charge in [-0.05, 0) is 51.7 Å². The van der Waals surface area contributed by atoms with Crippen molar-refractivity contribution in [3.8, 4) is 0 Å². The van der Waals surface area contributed by atoms with Crippen molar-refractivity contribution in [3.05, 3.63) is 23.3 Å². The van der Waals surface area contributed by atoms with Crippen LogP contribution in [0.25, 0.3) is 0 Å². The lowest BCUT2D eigenvalue weighted by atomic mass is 10.3. The lowest BCUT2D eigenvalue weighted by Crippen LogP contribution is -2.35. The topological polar surface area (TPSA) is 82.9 Å². The van der Waals surface area contributed by atoms with Crippen molar-refractivity contribution in [3.63, 3.8) is 0 Å². The molecular formula is C14H18N4O2. The van der Waals surface area contributed by atoms with Gasteiger partial charge in [0.2, 0.25) is 0 Å². The van der Waals surface area contributed by atoms with Crippen LogP contribution in [0.3, 0.4) is 0 Å². The highest BCUT2D eigenvalue weighted by Gasteiger charge is 2.14. The van der Waals surface area contributed by atoms with Crippen molar-refractivity contribution in [2.75, 3.05) is 0 Å². The fourth-order valence-electron chi connectivity index (χ4n) is 2.03. The zero-order valence-corrected chi connectivity index (χ0v) is 11.7. The first-order chi connectivity index (χ1) is 9.54. The summed E-state index contributed by atoms with van der Waals surface area (Å²) >= 11 is 0. The predicted molar refractivity (Wildman–Crippen MR) is 77.1 cm³/mol. The molecule has 0 bridgehead atoms. The van der Waals surface area contributed by atoms with Crippen LogP contribution in [0.4, 0.5) is 0 Å². The molecule has 6 nitrogen and oxygen atoms in total. The predicted octanol–water partition coefficient (Wildman–Crippen LogP) is 1.41. The van der Waals surface area contributed by atoms with Crippen LogP contribution in [-0.4, -0.2) is 23.2 Å². The van der Waals surface area contributed by atoms with Gasteiger partial charge in [-0.2, -0.15) is 10.2 Å². The summed E-state index contributed by atoms with van der Waals surface area (Å²) in [5.41, 5.74) is 8.48. The molecule has 0 atom stereocenters. The lowest BCUT2D eigenvalue weighted by molar-refractivity contribution is -0.139. The van der Waals surface area contributed by atoms with E-state index >= 15 is 0 Å². The van der Waals surface area contributed by atoms with Gasteiger partial charge in [0.05, 0.1) is 11.4 Å². The van der Waals surface area contributed by atoms with Gasteiger partial charge in [0.15, 0.2) is 0 Å². The molecule has 2 N–H and O–H groups in total. The number of allylic oxidation sites excluding steroid dienone is 4.